The normalized spacial score (nSPS) is 11.5. The first kappa shape index (κ1) is 13.3. The highest BCUT2D eigenvalue weighted by atomic mass is 35.5. The van der Waals surface area contributed by atoms with E-state index in [-0.39, 0.29) is 18.4 Å². The van der Waals surface area contributed by atoms with E-state index in [1.165, 1.54) is 14.2 Å². The van der Waals surface area contributed by atoms with E-state index in [1.807, 2.05) is 0 Å². The zero-order valence-electron chi connectivity index (χ0n) is 6.70. The number of ether oxygens (including phenoxy) is 2. The average molecular weight is 184 g/mol. The van der Waals surface area contributed by atoms with E-state index in [0.29, 0.717) is 13.0 Å². The summed E-state index contributed by atoms with van der Waals surface area (Å²) in [5.74, 6) is -0.368. The lowest BCUT2D eigenvalue weighted by atomic mass is 10.2. The maximum atomic E-state index is 10.7. The molecule has 0 aliphatic heterocycles. The van der Waals surface area contributed by atoms with E-state index in [1.54, 1.807) is 0 Å². The maximum absolute atomic E-state index is 10.7. The standard InChI is InChI=1S/C6H13NO3.ClH/c1-9-5(3-4-7)6(8)10-2;/h5H,3-4,7H2,1-2H3;1H/t5-;/m1./s1. The molecule has 0 rings (SSSR count). The Morgan fingerprint density at radius 1 is 1.55 bits per heavy atom. The highest BCUT2D eigenvalue weighted by Gasteiger charge is 2.16. The molecule has 0 saturated carbocycles. The van der Waals surface area contributed by atoms with Crippen molar-refractivity contribution in [2.24, 2.45) is 5.73 Å². The molecule has 0 aliphatic carbocycles. The second kappa shape index (κ2) is 7.78. The summed E-state index contributed by atoms with van der Waals surface area (Å²) in [5, 5.41) is 0. The van der Waals surface area contributed by atoms with Crippen LogP contribution in [0.25, 0.3) is 0 Å². The Hall–Kier alpha value is -0.320. The molecule has 11 heavy (non-hydrogen) atoms. The molecule has 0 bridgehead atoms. The minimum atomic E-state index is -0.505. The number of nitrogens with two attached hydrogens (primary N) is 1. The molecular weight excluding hydrogens is 170 g/mol. The monoisotopic (exact) mass is 183 g/mol. The van der Waals surface area contributed by atoms with Crippen LogP contribution in [-0.2, 0) is 14.3 Å². The van der Waals surface area contributed by atoms with Gasteiger partial charge in [0, 0.05) is 7.11 Å². The van der Waals surface area contributed by atoms with Gasteiger partial charge in [0.2, 0.25) is 0 Å². The summed E-state index contributed by atoms with van der Waals surface area (Å²) in [4.78, 5) is 10.7. The highest BCUT2D eigenvalue weighted by Crippen LogP contribution is 1.96. The van der Waals surface area contributed by atoms with Crippen LogP contribution in [0.1, 0.15) is 6.42 Å². The molecule has 0 aromatic rings. The SMILES string of the molecule is COC(=O)[C@@H](CCN)OC.Cl. The minimum absolute atomic E-state index is 0. The molecule has 0 spiro atoms. The molecule has 5 heteroatoms. The van der Waals surface area contributed by atoms with Crippen molar-refractivity contribution in [3.8, 4) is 0 Å². The smallest absolute Gasteiger partial charge is 0.335 e. The zero-order chi connectivity index (χ0) is 7.98. The van der Waals surface area contributed by atoms with Crippen LogP contribution in [0.15, 0.2) is 0 Å². The van der Waals surface area contributed by atoms with Gasteiger partial charge in [0.15, 0.2) is 6.10 Å². The van der Waals surface area contributed by atoms with Crippen molar-refractivity contribution in [2.45, 2.75) is 12.5 Å². The summed E-state index contributed by atoms with van der Waals surface area (Å²) in [7, 11) is 2.78. The van der Waals surface area contributed by atoms with E-state index in [2.05, 4.69) is 4.74 Å². The fraction of sp³-hybridized carbons (Fsp3) is 0.833. The number of rotatable bonds is 4. The molecule has 0 aromatic heterocycles. The predicted octanol–water partition coefficient (Wildman–Crippen LogP) is -0.0550. The molecule has 1 atom stereocenters. The minimum Gasteiger partial charge on any atom is -0.467 e. The van der Waals surface area contributed by atoms with Crippen molar-refractivity contribution < 1.29 is 14.3 Å². The van der Waals surface area contributed by atoms with E-state index in [4.69, 9.17) is 10.5 Å². The number of carbonyl (C=O) groups is 1. The van der Waals surface area contributed by atoms with Gasteiger partial charge in [-0.2, -0.15) is 0 Å². The van der Waals surface area contributed by atoms with E-state index >= 15 is 0 Å². The van der Waals surface area contributed by atoms with Crippen molar-refractivity contribution in [1.29, 1.82) is 0 Å². The molecule has 4 nitrogen and oxygen atoms in total. The molecule has 0 aromatic carbocycles. The van der Waals surface area contributed by atoms with Crippen LogP contribution in [0.4, 0.5) is 0 Å². The van der Waals surface area contributed by atoms with Gasteiger partial charge in [0.05, 0.1) is 7.11 Å². The number of hydrogen-bond donors (Lipinski definition) is 1. The van der Waals surface area contributed by atoms with E-state index < -0.39 is 6.10 Å². The lowest BCUT2D eigenvalue weighted by molar-refractivity contribution is -0.152. The lowest BCUT2D eigenvalue weighted by Gasteiger charge is -2.10. The van der Waals surface area contributed by atoms with Crippen molar-refractivity contribution in [2.75, 3.05) is 20.8 Å². The van der Waals surface area contributed by atoms with Crippen molar-refractivity contribution in [1.82, 2.24) is 0 Å². The van der Waals surface area contributed by atoms with Crippen LogP contribution in [0, 0.1) is 0 Å². The molecule has 2 N–H and O–H groups in total. The first-order valence-corrected chi connectivity index (χ1v) is 3.07. The van der Waals surface area contributed by atoms with Crippen LogP contribution in [-0.4, -0.2) is 32.8 Å². The van der Waals surface area contributed by atoms with Gasteiger partial charge >= 0.3 is 5.97 Å². The Morgan fingerprint density at radius 3 is 2.36 bits per heavy atom. The van der Waals surface area contributed by atoms with Crippen molar-refractivity contribution >= 4 is 18.4 Å². The van der Waals surface area contributed by atoms with Crippen molar-refractivity contribution in [3.05, 3.63) is 0 Å². The third-order valence-electron chi connectivity index (χ3n) is 1.18. The van der Waals surface area contributed by atoms with E-state index in [0.717, 1.165) is 0 Å². The summed E-state index contributed by atoms with van der Waals surface area (Å²) in [5.41, 5.74) is 5.21. The second-order valence-electron chi connectivity index (χ2n) is 1.82. The molecule has 0 heterocycles. The Kier molecular flexibility index (Phi) is 9.40. The number of hydrogen-bond acceptors (Lipinski definition) is 4. The largest absolute Gasteiger partial charge is 0.467 e. The second-order valence-corrected chi connectivity index (χ2v) is 1.82. The molecule has 0 saturated heterocycles. The first-order chi connectivity index (χ1) is 4.76. The quantitative estimate of drug-likeness (QED) is 0.621. The average Bonchev–Trinajstić information content (AvgIpc) is 1.99. The number of esters is 1. The third-order valence-corrected chi connectivity index (χ3v) is 1.18. The molecular formula is C6H14ClNO3. The lowest BCUT2D eigenvalue weighted by Crippen LogP contribution is -2.26. The van der Waals surface area contributed by atoms with Gasteiger partial charge in [-0.1, -0.05) is 0 Å². The number of halogens is 1. The van der Waals surface area contributed by atoms with Gasteiger partial charge in [-0.15, -0.1) is 12.4 Å². The fourth-order valence-electron chi connectivity index (χ4n) is 0.615. The van der Waals surface area contributed by atoms with Gasteiger partial charge in [0.1, 0.15) is 0 Å². The Balaban J connectivity index is 0. The predicted molar refractivity (Wildman–Crippen MR) is 43.7 cm³/mol. The fourth-order valence-corrected chi connectivity index (χ4v) is 0.615. The summed E-state index contributed by atoms with van der Waals surface area (Å²) < 4.78 is 9.23. The highest BCUT2D eigenvalue weighted by molar-refractivity contribution is 5.85. The third kappa shape index (κ3) is 5.01. The van der Waals surface area contributed by atoms with Gasteiger partial charge in [-0.3, -0.25) is 0 Å². The molecule has 0 unspecified atom stereocenters. The topological polar surface area (TPSA) is 61.5 Å². The van der Waals surface area contributed by atoms with Crippen LogP contribution >= 0.6 is 12.4 Å². The molecule has 0 fully saturated rings. The van der Waals surface area contributed by atoms with Gasteiger partial charge in [-0.25, -0.2) is 4.79 Å². The first-order valence-electron chi connectivity index (χ1n) is 3.07. The summed E-state index contributed by atoms with van der Waals surface area (Å²) in [6.45, 7) is 0.424. The van der Waals surface area contributed by atoms with Gasteiger partial charge < -0.3 is 15.2 Å². The Labute approximate surface area is 72.4 Å². The van der Waals surface area contributed by atoms with Gasteiger partial charge in [-0.05, 0) is 13.0 Å². The van der Waals surface area contributed by atoms with E-state index in [9.17, 15) is 4.79 Å². The summed E-state index contributed by atoms with van der Waals surface area (Å²) >= 11 is 0. The molecule has 0 amide bonds. The Bertz CT molecular complexity index is 110. The molecule has 0 aliphatic rings. The van der Waals surface area contributed by atoms with Crippen LogP contribution in [0.3, 0.4) is 0 Å². The van der Waals surface area contributed by atoms with Crippen molar-refractivity contribution in [3.63, 3.8) is 0 Å². The number of carbonyl (C=O) groups excluding carboxylic acids is 1. The van der Waals surface area contributed by atoms with Crippen LogP contribution in [0.5, 0.6) is 0 Å². The summed E-state index contributed by atoms with van der Waals surface area (Å²) in [6.07, 6.45) is -0.00148. The summed E-state index contributed by atoms with van der Waals surface area (Å²) in [6, 6.07) is 0. The molecule has 68 valence electrons. The van der Waals surface area contributed by atoms with Gasteiger partial charge in [0.25, 0.3) is 0 Å². The molecule has 0 radical (unpaired) electrons. The maximum Gasteiger partial charge on any atom is 0.335 e. The Morgan fingerprint density at radius 2 is 2.09 bits per heavy atom. The number of methoxy groups -OCH3 is 2. The van der Waals surface area contributed by atoms with Crippen LogP contribution < -0.4 is 5.73 Å². The van der Waals surface area contributed by atoms with Crippen LogP contribution in [0.2, 0.25) is 0 Å². The zero-order valence-corrected chi connectivity index (χ0v) is 7.52.